The van der Waals surface area contributed by atoms with Crippen LogP contribution in [-0.2, 0) is 11.2 Å². The maximum atomic E-state index is 12.0. The van der Waals surface area contributed by atoms with Crippen LogP contribution in [0.15, 0.2) is 24.3 Å². The number of nitrogens with zero attached hydrogens (tertiary/aromatic N) is 2. The third-order valence-electron chi connectivity index (χ3n) is 3.38. The van der Waals surface area contributed by atoms with Crippen molar-refractivity contribution in [2.45, 2.75) is 33.1 Å². The fourth-order valence-corrected chi connectivity index (χ4v) is 2.86. The maximum absolute atomic E-state index is 12.0. The van der Waals surface area contributed by atoms with Crippen LogP contribution in [0, 0.1) is 5.92 Å². The summed E-state index contributed by atoms with van der Waals surface area (Å²) < 4.78 is 5.14. The molecular formula is C16H21N3O2S. The zero-order valence-electron chi connectivity index (χ0n) is 13.1. The lowest BCUT2D eigenvalue weighted by atomic mass is 10.1. The zero-order valence-corrected chi connectivity index (χ0v) is 13.9. The minimum absolute atomic E-state index is 0.000983. The van der Waals surface area contributed by atoms with Gasteiger partial charge in [-0.05, 0) is 24.1 Å². The van der Waals surface area contributed by atoms with E-state index in [0.29, 0.717) is 11.6 Å². The SMILES string of the molecule is CCCC(C)C(=O)Nc1nnc(Cc2ccc(OC)cc2)s1. The van der Waals surface area contributed by atoms with Crippen LogP contribution >= 0.6 is 11.3 Å². The van der Waals surface area contributed by atoms with E-state index in [0.717, 1.165) is 29.2 Å². The van der Waals surface area contributed by atoms with Crippen LogP contribution < -0.4 is 10.1 Å². The molecule has 1 aromatic carbocycles. The van der Waals surface area contributed by atoms with Gasteiger partial charge in [-0.1, -0.05) is 43.7 Å². The third kappa shape index (κ3) is 4.53. The van der Waals surface area contributed by atoms with Gasteiger partial charge in [0.2, 0.25) is 11.0 Å². The molecule has 0 aliphatic heterocycles. The number of amides is 1. The number of methoxy groups -OCH3 is 1. The van der Waals surface area contributed by atoms with Gasteiger partial charge in [-0.3, -0.25) is 4.79 Å². The molecule has 1 aromatic heterocycles. The van der Waals surface area contributed by atoms with Crippen LogP contribution in [-0.4, -0.2) is 23.2 Å². The van der Waals surface area contributed by atoms with E-state index in [9.17, 15) is 4.79 Å². The van der Waals surface area contributed by atoms with Gasteiger partial charge < -0.3 is 10.1 Å². The fraction of sp³-hybridized carbons (Fsp3) is 0.438. The molecule has 0 aliphatic rings. The Hall–Kier alpha value is -1.95. The molecule has 0 saturated heterocycles. The van der Waals surface area contributed by atoms with Crippen molar-refractivity contribution in [3.05, 3.63) is 34.8 Å². The number of ether oxygens (including phenoxy) is 1. The standard InChI is InChI=1S/C16H21N3O2S/c1-4-5-11(2)15(20)17-16-19-18-14(22-16)10-12-6-8-13(21-3)9-7-12/h6-9,11H,4-5,10H2,1-3H3,(H,17,19,20). The first-order valence-electron chi connectivity index (χ1n) is 7.38. The van der Waals surface area contributed by atoms with Crippen molar-refractivity contribution < 1.29 is 9.53 Å². The van der Waals surface area contributed by atoms with E-state index in [1.807, 2.05) is 31.2 Å². The van der Waals surface area contributed by atoms with Crippen LogP contribution in [0.25, 0.3) is 0 Å². The summed E-state index contributed by atoms with van der Waals surface area (Å²) in [5.74, 6) is 0.840. The second-order valence-electron chi connectivity index (χ2n) is 5.20. The number of benzene rings is 1. The lowest BCUT2D eigenvalue weighted by molar-refractivity contribution is -0.119. The summed E-state index contributed by atoms with van der Waals surface area (Å²) in [6.07, 6.45) is 2.57. The number of rotatable bonds is 7. The van der Waals surface area contributed by atoms with Crippen LogP contribution in [0.2, 0.25) is 0 Å². The second kappa shape index (κ2) is 7.89. The van der Waals surface area contributed by atoms with Gasteiger partial charge in [-0.2, -0.15) is 0 Å². The number of anilines is 1. The molecule has 0 fully saturated rings. The smallest absolute Gasteiger partial charge is 0.229 e. The average Bonchev–Trinajstić information content (AvgIpc) is 2.95. The average molecular weight is 319 g/mol. The Bertz CT molecular complexity index is 610. The largest absolute Gasteiger partial charge is 0.497 e. The lowest BCUT2D eigenvalue weighted by Gasteiger charge is -2.07. The second-order valence-corrected chi connectivity index (χ2v) is 6.27. The van der Waals surface area contributed by atoms with Gasteiger partial charge in [0.15, 0.2) is 0 Å². The highest BCUT2D eigenvalue weighted by molar-refractivity contribution is 7.15. The minimum atomic E-state index is -0.000983. The molecule has 0 radical (unpaired) electrons. The minimum Gasteiger partial charge on any atom is -0.497 e. The molecule has 22 heavy (non-hydrogen) atoms. The van der Waals surface area contributed by atoms with Crippen LogP contribution in [0.3, 0.4) is 0 Å². The highest BCUT2D eigenvalue weighted by atomic mass is 32.1. The number of hydrogen-bond donors (Lipinski definition) is 1. The Balaban J connectivity index is 1.94. The van der Waals surface area contributed by atoms with Gasteiger partial charge >= 0.3 is 0 Å². The van der Waals surface area contributed by atoms with E-state index in [-0.39, 0.29) is 11.8 Å². The first kappa shape index (κ1) is 16.4. The zero-order chi connectivity index (χ0) is 15.9. The van der Waals surface area contributed by atoms with Crippen molar-refractivity contribution in [1.29, 1.82) is 0 Å². The molecule has 0 spiro atoms. The molecule has 5 nitrogen and oxygen atoms in total. The van der Waals surface area contributed by atoms with Crippen molar-refractivity contribution >= 4 is 22.4 Å². The van der Waals surface area contributed by atoms with E-state index in [1.54, 1.807) is 7.11 Å². The molecule has 0 saturated carbocycles. The molecule has 0 aliphatic carbocycles. The van der Waals surface area contributed by atoms with Gasteiger partial charge in [-0.25, -0.2) is 0 Å². The van der Waals surface area contributed by atoms with E-state index in [1.165, 1.54) is 11.3 Å². The van der Waals surface area contributed by atoms with Crippen molar-refractivity contribution in [2.24, 2.45) is 5.92 Å². The molecule has 1 unspecified atom stereocenters. The van der Waals surface area contributed by atoms with Crippen molar-refractivity contribution in [3.8, 4) is 5.75 Å². The summed E-state index contributed by atoms with van der Waals surface area (Å²) >= 11 is 1.42. The lowest BCUT2D eigenvalue weighted by Crippen LogP contribution is -2.20. The van der Waals surface area contributed by atoms with E-state index in [4.69, 9.17) is 4.74 Å². The van der Waals surface area contributed by atoms with Crippen LogP contribution in [0.5, 0.6) is 5.75 Å². The van der Waals surface area contributed by atoms with Crippen molar-refractivity contribution in [1.82, 2.24) is 10.2 Å². The highest BCUT2D eigenvalue weighted by Crippen LogP contribution is 2.21. The number of aromatic nitrogens is 2. The van der Waals surface area contributed by atoms with Crippen LogP contribution in [0.1, 0.15) is 37.3 Å². The van der Waals surface area contributed by atoms with E-state index < -0.39 is 0 Å². The Morgan fingerprint density at radius 2 is 2.05 bits per heavy atom. The molecule has 0 bridgehead atoms. The molecule has 118 valence electrons. The highest BCUT2D eigenvalue weighted by Gasteiger charge is 2.14. The van der Waals surface area contributed by atoms with Gasteiger partial charge in [0.1, 0.15) is 10.8 Å². The molecule has 1 N–H and O–H groups in total. The van der Waals surface area contributed by atoms with Crippen molar-refractivity contribution in [2.75, 3.05) is 12.4 Å². The molecule has 6 heteroatoms. The summed E-state index contributed by atoms with van der Waals surface area (Å²) in [6.45, 7) is 4.00. The maximum Gasteiger partial charge on any atom is 0.229 e. The predicted molar refractivity (Wildman–Crippen MR) is 88.4 cm³/mol. The monoisotopic (exact) mass is 319 g/mol. The predicted octanol–water partition coefficient (Wildman–Crippen LogP) is 3.51. The normalized spacial score (nSPS) is 12.0. The Morgan fingerprint density at radius 3 is 2.68 bits per heavy atom. The van der Waals surface area contributed by atoms with Crippen LogP contribution in [0.4, 0.5) is 5.13 Å². The van der Waals surface area contributed by atoms with Gasteiger partial charge in [0.25, 0.3) is 0 Å². The quantitative estimate of drug-likeness (QED) is 0.848. The van der Waals surface area contributed by atoms with E-state index >= 15 is 0 Å². The van der Waals surface area contributed by atoms with Gasteiger partial charge in [0.05, 0.1) is 7.11 Å². The summed E-state index contributed by atoms with van der Waals surface area (Å²) in [4.78, 5) is 12.0. The topological polar surface area (TPSA) is 64.1 Å². The number of carbonyl (C=O) groups excluding carboxylic acids is 1. The van der Waals surface area contributed by atoms with Gasteiger partial charge in [-0.15, -0.1) is 10.2 Å². The molecule has 2 rings (SSSR count). The summed E-state index contributed by atoms with van der Waals surface area (Å²) in [5, 5.41) is 12.5. The fourth-order valence-electron chi connectivity index (χ4n) is 2.09. The summed E-state index contributed by atoms with van der Waals surface area (Å²) in [6, 6.07) is 7.85. The molecule has 1 amide bonds. The first-order chi connectivity index (χ1) is 10.6. The molecule has 1 atom stereocenters. The number of hydrogen-bond acceptors (Lipinski definition) is 5. The molecule has 1 heterocycles. The Morgan fingerprint density at radius 1 is 1.32 bits per heavy atom. The third-order valence-corrected chi connectivity index (χ3v) is 4.22. The van der Waals surface area contributed by atoms with Crippen molar-refractivity contribution in [3.63, 3.8) is 0 Å². The Kier molecular flexibility index (Phi) is 5.89. The first-order valence-corrected chi connectivity index (χ1v) is 8.20. The van der Waals surface area contributed by atoms with Gasteiger partial charge in [0, 0.05) is 12.3 Å². The summed E-state index contributed by atoms with van der Waals surface area (Å²) in [7, 11) is 1.65. The number of nitrogens with one attached hydrogen (secondary N) is 1. The molecule has 2 aromatic rings. The van der Waals surface area contributed by atoms with E-state index in [2.05, 4.69) is 22.4 Å². The summed E-state index contributed by atoms with van der Waals surface area (Å²) in [5.41, 5.74) is 1.13. The molecular weight excluding hydrogens is 298 g/mol. The Labute approximate surface area is 134 Å². The number of carbonyl (C=O) groups is 1.